The maximum absolute atomic E-state index is 14.4. The van der Waals surface area contributed by atoms with E-state index in [0.717, 1.165) is 25.7 Å². The summed E-state index contributed by atoms with van der Waals surface area (Å²) in [5.41, 5.74) is 0.201. The molecular formula is C14H16BrClFNO2S. The standard InChI is InChI=1S/C14H16BrClFNO2S/c15-11-5-10(7-16)14(17)13(6-11)21(19,20)18(12-3-4-12)8-9-1-2-9/h5-6,9,12H,1-4,7-8H2. The minimum Gasteiger partial charge on any atom is -0.207 e. The number of nitrogens with zero attached hydrogens (tertiary/aromatic N) is 1. The van der Waals surface area contributed by atoms with E-state index in [1.54, 1.807) is 0 Å². The Balaban J connectivity index is 2.01. The second-order valence-corrected chi connectivity index (χ2v) is 8.80. The quantitative estimate of drug-likeness (QED) is 0.684. The van der Waals surface area contributed by atoms with Crippen LogP contribution in [0.2, 0.25) is 0 Å². The second-order valence-electron chi connectivity index (χ2n) is 5.76. The van der Waals surface area contributed by atoms with Crippen LogP contribution in [-0.2, 0) is 15.9 Å². The normalized spacial score (nSPS) is 19.2. The Labute approximate surface area is 137 Å². The van der Waals surface area contributed by atoms with Gasteiger partial charge in [-0.1, -0.05) is 15.9 Å². The van der Waals surface area contributed by atoms with E-state index in [0.29, 0.717) is 16.9 Å². The lowest BCUT2D eigenvalue weighted by atomic mass is 10.2. The van der Waals surface area contributed by atoms with Gasteiger partial charge >= 0.3 is 0 Å². The van der Waals surface area contributed by atoms with Gasteiger partial charge in [0.05, 0.1) is 5.88 Å². The van der Waals surface area contributed by atoms with Gasteiger partial charge in [-0.2, -0.15) is 4.31 Å². The van der Waals surface area contributed by atoms with Gasteiger partial charge < -0.3 is 0 Å². The van der Waals surface area contributed by atoms with Crippen molar-refractivity contribution in [2.75, 3.05) is 6.54 Å². The van der Waals surface area contributed by atoms with Gasteiger partial charge in [0, 0.05) is 22.6 Å². The van der Waals surface area contributed by atoms with Gasteiger partial charge in [0.25, 0.3) is 0 Å². The largest absolute Gasteiger partial charge is 0.246 e. The molecule has 0 aliphatic heterocycles. The topological polar surface area (TPSA) is 37.4 Å². The summed E-state index contributed by atoms with van der Waals surface area (Å²) in [4.78, 5) is -0.264. The molecule has 0 radical (unpaired) electrons. The molecule has 0 aromatic heterocycles. The monoisotopic (exact) mass is 395 g/mol. The number of alkyl halides is 1. The molecule has 3 nitrogen and oxygen atoms in total. The Bertz CT molecular complexity index is 659. The Kier molecular flexibility index (Phi) is 4.34. The fraction of sp³-hybridized carbons (Fsp3) is 0.571. The van der Waals surface area contributed by atoms with Gasteiger partial charge in [0.1, 0.15) is 10.7 Å². The molecule has 116 valence electrons. The summed E-state index contributed by atoms with van der Waals surface area (Å²) in [6, 6.07) is 2.89. The molecule has 2 saturated carbocycles. The van der Waals surface area contributed by atoms with Gasteiger partial charge in [-0.15, -0.1) is 11.6 Å². The molecule has 0 heterocycles. The Morgan fingerprint density at radius 1 is 1.29 bits per heavy atom. The summed E-state index contributed by atoms with van der Waals surface area (Å²) < 4.78 is 42.1. The van der Waals surface area contributed by atoms with Crippen LogP contribution in [0.4, 0.5) is 4.39 Å². The molecule has 21 heavy (non-hydrogen) atoms. The van der Waals surface area contributed by atoms with Crippen LogP contribution in [0.1, 0.15) is 31.2 Å². The highest BCUT2D eigenvalue weighted by Gasteiger charge is 2.42. The first-order valence-corrected chi connectivity index (χ1v) is 9.76. The number of hydrogen-bond donors (Lipinski definition) is 0. The van der Waals surface area contributed by atoms with Crippen LogP contribution >= 0.6 is 27.5 Å². The summed E-state index contributed by atoms with van der Waals surface area (Å²) in [5, 5.41) is 0. The van der Waals surface area contributed by atoms with Crippen molar-refractivity contribution in [2.24, 2.45) is 5.92 Å². The molecule has 2 aliphatic carbocycles. The summed E-state index contributed by atoms with van der Waals surface area (Å²) in [6.45, 7) is 0.509. The number of halogens is 3. The van der Waals surface area contributed by atoms with E-state index in [-0.39, 0.29) is 22.4 Å². The Morgan fingerprint density at radius 3 is 2.48 bits per heavy atom. The van der Waals surface area contributed by atoms with Crippen LogP contribution in [0.15, 0.2) is 21.5 Å². The Hall–Kier alpha value is -0.170. The lowest BCUT2D eigenvalue weighted by Gasteiger charge is -2.22. The minimum atomic E-state index is -3.81. The molecule has 0 unspecified atom stereocenters. The molecule has 2 fully saturated rings. The van der Waals surface area contributed by atoms with E-state index in [1.807, 2.05) is 0 Å². The molecule has 3 rings (SSSR count). The van der Waals surface area contributed by atoms with Gasteiger partial charge in [-0.3, -0.25) is 0 Å². The third-order valence-electron chi connectivity index (χ3n) is 3.90. The fourth-order valence-corrected chi connectivity index (χ4v) is 5.14. The van der Waals surface area contributed by atoms with Crippen molar-refractivity contribution in [3.63, 3.8) is 0 Å². The third-order valence-corrected chi connectivity index (χ3v) is 6.56. The van der Waals surface area contributed by atoms with Crippen molar-refractivity contribution >= 4 is 37.6 Å². The van der Waals surface area contributed by atoms with Crippen LogP contribution in [0.3, 0.4) is 0 Å². The highest BCUT2D eigenvalue weighted by molar-refractivity contribution is 9.10. The average Bonchev–Trinajstić information content (AvgIpc) is 3.30. The van der Waals surface area contributed by atoms with Gasteiger partial charge in [0.15, 0.2) is 0 Å². The van der Waals surface area contributed by atoms with Gasteiger partial charge in [0.2, 0.25) is 10.0 Å². The lowest BCUT2D eigenvalue weighted by molar-refractivity contribution is 0.385. The molecule has 1 aromatic rings. The molecule has 0 atom stereocenters. The fourth-order valence-electron chi connectivity index (χ4n) is 2.39. The van der Waals surface area contributed by atoms with Crippen LogP contribution in [-0.4, -0.2) is 25.3 Å². The highest BCUT2D eigenvalue weighted by Crippen LogP contribution is 2.39. The Morgan fingerprint density at radius 2 is 1.95 bits per heavy atom. The van der Waals surface area contributed by atoms with Gasteiger partial charge in [-0.25, -0.2) is 12.8 Å². The average molecular weight is 397 g/mol. The zero-order chi connectivity index (χ0) is 15.2. The van der Waals surface area contributed by atoms with Crippen molar-refractivity contribution in [3.05, 3.63) is 28.0 Å². The van der Waals surface area contributed by atoms with Crippen molar-refractivity contribution in [2.45, 2.75) is 42.5 Å². The predicted octanol–water partition coefficient (Wildman–Crippen LogP) is 3.89. The number of benzene rings is 1. The number of sulfonamides is 1. The van der Waals surface area contributed by atoms with Gasteiger partial charge in [-0.05, 0) is 43.7 Å². The van der Waals surface area contributed by atoms with E-state index >= 15 is 0 Å². The zero-order valence-electron chi connectivity index (χ0n) is 11.4. The number of hydrogen-bond acceptors (Lipinski definition) is 2. The molecule has 1 aromatic carbocycles. The zero-order valence-corrected chi connectivity index (χ0v) is 14.5. The summed E-state index contributed by atoms with van der Waals surface area (Å²) in [5.74, 6) is -0.349. The lowest BCUT2D eigenvalue weighted by Crippen LogP contribution is -2.35. The van der Waals surface area contributed by atoms with Crippen LogP contribution in [0.5, 0.6) is 0 Å². The molecule has 0 N–H and O–H groups in total. The van der Waals surface area contributed by atoms with E-state index < -0.39 is 15.8 Å². The predicted molar refractivity (Wildman–Crippen MR) is 83.3 cm³/mol. The third kappa shape index (κ3) is 3.28. The molecule has 0 saturated heterocycles. The van der Waals surface area contributed by atoms with Crippen molar-refractivity contribution in [1.82, 2.24) is 4.31 Å². The summed E-state index contributed by atoms with van der Waals surface area (Å²) >= 11 is 8.94. The summed E-state index contributed by atoms with van der Waals surface area (Å²) in [6.07, 6.45) is 3.85. The molecule has 0 bridgehead atoms. The van der Waals surface area contributed by atoms with E-state index in [9.17, 15) is 12.8 Å². The summed E-state index contributed by atoms with van der Waals surface area (Å²) in [7, 11) is -3.81. The van der Waals surface area contributed by atoms with Crippen molar-refractivity contribution in [3.8, 4) is 0 Å². The van der Waals surface area contributed by atoms with Crippen LogP contribution < -0.4 is 0 Å². The van der Waals surface area contributed by atoms with Crippen molar-refractivity contribution < 1.29 is 12.8 Å². The van der Waals surface area contributed by atoms with Crippen LogP contribution in [0.25, 0.3) is 0 Å². The molecule has 0 spiro atoms. The van der Waals surface area contributed by atoms with E-state index in [1.165, 1.54) is 16.4 Å². The first-order chi connectivity index (χ1) is 9.93. The van der Waals surface area contributed by atoms with Crippen molar-refractivity contribution in [1.29, 1.82) is 0 Å². The minimum absolute atomic E-state index is 0.0356. The highest BCUT2D eigenvalue weighted by atomic mass is 79.9. The SMILES string of the molecule is O=S(=O)(c1cc(Br)cc(CCl)c1F)N(CC1CC1)C1CC1. The molecular weight excluding hydrogens is 381 g/mol. The second kappa shape index (κ2) is 5.80. The maximum atomic E-state index is 14.4. The molecule has 0 amide bonds. The number of rotatable bonds is 6. The molecule has 7 heteroatoms. The molecule has 2 aliphatic rings. The van der Waals surface area contributed by atoms with Crippen LogP contribution in [0, 0.1) is 11.7 Å². The smallest absolute Gasteiger partial charge is 0.207 e. The first kappa shape index (κ1) is 15.7. The maximum Gasteiger partial charge on any atom is 0.246 e. The van der Waals surface area contributed by atoms with E-state index in [4.69, 9.17) is 11.6 Å². The first-order valence-electron chi connectivity index (χ1n) is 6.99. The van der Waals surface area contributed by atoms with E-state index in [2.05, 4.69) is 15.9 Å².